The van der Waals surface area contributed by atoms with Crippen molar-refractivity contribution in [2.45, 2.75) is 44.8 Å². The lowest BCUT2D eigenvalue weighted by atomic mass is 9.98. The second-order valence-corrected chi connectivity index (χ2v) is 8.84. The number of benzene rings is 1. The highest BCUT2D eigenvalue weighted by atomic mass is 16.2. The van der Waals surface area contributed by atoms with Gasteiger partial charge in [-0.05, 0) is 45.8 Å². The third-order valence-corrected chi connectivity index (χ3v) is 6.26. The molecule has 0 saturated carbocycles. The first kappa shape index (κ1) is 21.1. The van der Waals surface area contributed by atoms with Crippen molar-refractivity contribution >= 4 is 6.03 Å². The van der Waals surface area contributed by atoms with Crippen LogP contribution in [-0.2, 0) is 6.54 Å². The van der Waals surface area contributed by atoms with Crippen LogP contribution in [0.1, 0.15) is 32.3 Å². The van der Waals surface area contributed by atoms with Gasteiger partial charge in [0.2, 0.25) is 0 Å². The molecule has 2 aliphatic heterocycles. The van der Waals surface area contributed by atoms with Gasteiger partial charge in [-0.15, -0.1) is 0 Å². The van der Waals surface area contributed by atoms with E-state index in [0.717, 1.165) is 52.2 Å². The molecule has 6 nitrogen and oxygen atoms in total. The Labute approximate surface area is 170 Å². The number of piperazine rings is 1. The smallest absolute Gasteiger partial charge is 0.315 e. The van der Waals surface area contributed by atoms with E-state index in [1.165, 1.54) is 12.0 Å². The predicted molar refractivity (Wildman–Crippen MR) is 114 cm³/mol. The average molecular weight is 388 g/mol. The average Bonchev–Trinajstić information content (AvgIpc) is 3.03. The van der Waals surface area contributed by atoms with Crippen molar-refractivity contribution in [3.8, 4) is 0 Å². The number of nitrogens with zero attached hydrogens (tertiary/aromatic N) is 3. The Morgan fingerprint density at radius 1 is 1.14 bits per heavy atom. The van der Waals surface area contributed by atoms with Crippen LogP contribution in [0.25, 0.3) is 0 Å². The van der Waals surface area contributed by atoms with Crippen molar-refractivity contribution in [3.63, 3.8) is 0 Å². The molecule has 2 amide bonds. The molecule has 6 heteroatoms. The van der Waals surface area contributed by atoms with E-state index in [1.807, 2.05) is 0 Å². The van der Waals surface area contributed by atoms with E-state index in [9.17, 15) is 4.79 Å². The number of carbonyl (C=O) groups excluding carboxylic acids is 1. The fourth-order valence-electron chi connectivity index (χ4n) is 4.36. The first-order valence-electron chi connectivity index (χ1n) is 10.7. The number of urea groups is 1. The van der Waals surface area contributed by atoms with Gasteiger partial charge >= 0.3 is 6.03 Å². The number of rotatable bonds is 7. The highest BCUT2D eigenvalue weighted by Crippen LogP contribution is 2.29. The van der Waals surface area contributed by atoms with Crippen LogP contribution in [0.3, 0.4) is 0 Å². The summed E-state index contributed by atoms with van der Waals surface area (Å²) in [4.78, 5) is 19.7. The Balaban J connectivity index is 1.42. The fourth-order valence-corrected chi connectivity index (χ4v) is 4.36. The van der Waals surface area contributed by atoms with Gasteiger partial charge in [-0.2, -0.15) is 0 Å². The molecule has 2 atom stereocenters. The summed E-state index contributed by atoms with van der Waals surface area (Å²) in [5.74, 6) is 0. The molecule has 0 bridgehead atoms. The summed E-state index contributed by atoms with van der Waals surface area (Å²) in [5.41, 5.74) is 1.36. The quantitative estimate of drug-likeness (QED) is 0.751. The van der Waals surface area contributed by atoms with Crippen molar-refractivity contribution in [2.75, 3.05) is 52.9 Å². The number of amides is 2. The van der Waals surface area contributed by atoms with Crippen molar-refractivity contribution in [1.82, 2.24) is 25.3 Å². The van der Waals surface area contributed by atoms with Crippen LogP contribution in [0.15, 0.2) is 30.3 Å². The van der Waals surface area contributed by atoms with Crippen LogP contribution in [0.4, 0.5) is 4.79 Å². The number of nitrogens with one attached hydrogen (secondary N) is 2. The molecule has 2 aliphatic rings. The van der Waals surface area contributed by atoms with E-state index in [2.05, 4.69) is 76.6 Å². The molecule has 28 heavy (non-hydrogen) atoms. The molecular weight excluding hydrogens is 350 g/mol. The molecule has 2 N–H and O–H groups in total. The minimum Gasteiger partial charge on any atom is -0.336 e. The van der Waals surface area contributed by atoms with Crippen LogP contribution in [0.2, 0.25) is 0 Å². The van der Waals surface area contributed by atoms with Gasteiger partial charge in [0, 0.05) is 57.4 Å². The van der Waals surface area contributed by atoms with Crippen molar-refractivity contribution in [2.24, 2.45) is 0 Å². The van der Waals surface area contributed by atoms with Gasteiger partial charge < -0.3 is 15.5 Å². The zero-order valence-corrected chi connectivity index (χ0v) is 17.8. The maximum atomic E-state index is 12.4. The van der Waals surface area contributed by atoms with Gasteiger partial charge in [0.05, 0.1) is 0 Å². The molecule has 156 valence electrons. The molecule has 3 rings (SSSR count). The number of likely N-dealkylation sites (N-methyl/N-ethyl adjacent to an activating group) is 1. The fraction of sp³-hybridized carbons (Fsp3) is 0.682. The van der Waals surface area contributed by atoms with E-state index in [-0.39, 0.29) is 17.6 Å². The van der Waals surface area contributed by atoms with Crippen LogP contribution >= 0.6 is 0 Å². The topological polar surface area (TPSA) is 50.9 Å². The number of hydrogen-bond acceptors (Lipinski definition) is 4. The maximum Gasteiger partial charge on any atom is 0.315 e. The summed E-state index contributed by atoms with van der Waals surface area (Å²) in [6.45, 7) is 12.4. The molecule has 1 aromatic carbocycles. The Kier molecular flexibility index (Phi) is 7.32. The zero-order valence-electron chi connectivity index (χ0n) is 17.8. The second-order valence-electron chi connectivity index (χ2n) is 8.84. The van der Waals surface area contributed by atoms with Crippen molar-refractivity contribution in [3.05, 3.63) is 35.9 Å². The molecule has 2 saturated heterocycles. The normalized spacial score (nSPS) is 25.5. The number of likely N-dealkylation sites (tertiary alicyclic amines) is 1. The summed E-state index contributed by atoms with van der Waals surface area (Å²) < 4.78 is 0. The van der Waals surface area contributed by atoms with Crippen molar-refractivity contribution in [1.29, 1.82) is 0 Å². The second kappa shape index (κ2) is 9.72. The summed E-state index contributed by atoms with van der Waals surface area (Å²) in [5, 5.41) is 6.26. The van der Waals surface area contributed by atoms with Crippen LogP contribution < -0.4 is 10.6 Å². The highest BCUT2D eigenvalue weighted by Gasteiger charge is 2.36. The van der Waals surface area contributed by atoms with E-state index >= 15 is 0 Å². The van der Waals surface area contributed by atoms with Gasteiger partial charge in [-0.25, -0.2) is 4.79 Å². The van der Waals surface area contributed by atoms with Crippen LogP contribution in [0.5, 0.6) is 0 Å². The minimum atomic E-state index is -0.0468. The zero-order chi connectivity index (χ0) is 20.0. The molecule has 2 heterocycles. The molecule has 2 unspecified atom stereocenters. The SMILES string of the molecule is CC(CN1CCN(C)CC1)NC(=O)NCC1(C)CCCN1Cc1ccccc1. The first-order chi connectivity index (χ1) is 13.4. The largest absolute Gasteiger partial charge is 0.336 e. The van der Waals surface area contributed by atoms with E-state index in [4.69, 9.17) is 0 Å². The third kappa shape index (κ3) is 5.93. The lowest BCUT2D eigenvalue weighted by Crippen LogP contribution is -2.54. The number of hydrogen-bond donors (Lipinski definition) is 2. The summed E-state index contributed by atoms with van der Waals surface area (Å²) in [6, 6.07) is 10.7. The molecule has 2 fully saturated rings. The lowest BCUT2D eigenvalue weighted by Gasteiger charge is -2.36. The molecule has 0 aromatic heterocycles. The Bertz CT molecular complexity index is 617. The molecular formula is C22H37N5O. The minimum absolute atomic E-state index is 0.0217. The lowest BCUT2D eigenvalue weighted by molar-refractivity contribution is 0.139. The first-order valence-corrected chi connectivity index (χ1v) is 10.7. The molecule has 0 aliphatic carbocycles. The summed E-state index contributed by atoms with van der Waals surface area (Å²) >= 11 is 0. The molecule has 0 radical (unpaired) electrons. The Morgan fingerprint density at radius 2 is 1.86 bits per heavy atom. The number of carbonyl (C=O) groups is 1. The van der Waals surface area contributed by atoms with E-state index in [0.29, 0.717) is 6.54 Å². The maximum absolute atomic E-state index is 12.4. The van der Waals surface area contributed by atoms with Gasteiger partial charge in [-0.3, -0.25) is 9.80 Å². The van der Waals surface area contributed by atoms with Gasteiger partial charge in [-0.1, -0.05) is 30.3 Å². The van der Waals surface area contributed by atoms with E-state index < -0.39 is 0 Å². The Morgan fingerprint density at radius 3 is 2.57 bits per heavy atom. The third-order valence-electron chi connectivity index (χ3n) is 6.26. The standard InChI is InChI=1S/C22H37N5O/c1-19(16-26-14-12-25(3)13-15-26)24-21(28)23-18-22(2)10-7-11-27(22)17-20-8-5-4-6-9-20/h4-6,8-9,19H,7,10-18H2,1-3H3,(H2,23,24,28). The van der Waals surface area contributed by atoms with Gasteiger partial charge in [0.15, 0.2) is 0 Å². The summed E-state index contributed by atoms with van der Waals surface area (Å²) in [6.07, 6.45) is 2.31. The monoisotopic (exact) mass is 387 g/mol. The van der Waals surface area contributed by atoms with Crippen LogP contribution in [-0.4, -0.2) is 85.2 Å². The van der Waals surface area contributed by atoms with Gasteiger partial charge in [0.1, 0.15) is 0 Å². The predicted octanol–water partition coefficient (Wildman–Crippen LogP) is 1.98. The van der Waals surface area contributed by atoms with E-state index in [1.54, 1.807) is 0 Å². The van der Waals surface area contributed by atoms with Crippen molar-refractivity contribution < 1.29 is 4.79 Å². The highest BCUT2D eigenvalue weighted by molar-refractivity contribution is 5.74. The molecule has 0 spiro atoms. The molecule has 1 aromatic rings. The summed E-state index contributed by atoms with van der Waals surface area (Å²) in [7, 11) is 2.16. The van der Waals surface area contributed by atoms with Crippen LogP contribution in [0, 0.1) is 0 Å². The van der Waals surface area contributed by atoms with Gasteiger partial charge in [0.25, 0.3) is 0 Å². The Hall–Kier alpha value is -1.63.